The van der Waals surface area contributed by atoms with Crippen molar-refractivity contribution in [2.24, 2.45) is 0 Å². The Balaban J connectivity index is 2.67. The van der Waals surface area contributed by atoms with Gasteiger partial charge in [0.1, 0.15) is 16.7 Å². The van der Waals surface area contributed by atoms with Gasteiger partial charge in [0.25, 0.3) is 5.91 Å². The molecule has 0 spiro atoms. The molecule has 1 aromatic rings. The molecule has 19 heavy (non-hydrogen) atoms. The zero-order chi connectivity index (χ0) is 14.3. The Morgan fingerprint density at radius 2 is 2.37 bits per heavy atom. The molecule has 2 N–H and O–H groups in total. The number of amides is 1. The lowest BCUT2D eigenvalue weighted by molar-refractivity contribution is -0.139. The van der Waals surface area contributed by atoms with Gasteiger partial charge >= 0.3 is 5.97 Å². The van der Waals surface area contributed by atoms with Crippen LogP contribution in [0.3, 0.4) is 0 Å². The Bertz CT molecular complexity index is 470. The van der Waals surface area contributed by atoms with Crippen molar-refractivity contribution in [1.29, 1.82) is 0 Å². The lowest BCUT2D eigenvalue weighted by Gasteiger charge is -2.11. The summed E-state index contributed by atoms with van der Waals surface area (Å²) in [6.07, 6.45) is 3.67. The van der Waals surface area contributed by atoms with Crippen LogP contribution in [0.4, 0.5) is 0 Å². The highest BCUT2D eigenvalue weighted by Gasteiger charge is 2.20. The number of nitrogens with zero attached hydrogens (tertiary/aromatic N) is 1. The van der Waals surface area contributed by atoms with Crippen molar-refractivity contribution in [3.63, 3.8) is 0 Å². The van der Waals surface area contributed by atoms with E-state index in [-0.39, 0.29) is 12.1 Å². The first-order valence-electron chi connectivity index (χ1n) is 5.66. The number of rotatable bonds is 7. The molecule has 0 aromatic carbocycles. The second kappa shape index (κ2) is 7.65. The Kier molecular flexibility index (Phi) is 6.17. The Morgan fingerprint density at radius 3 is 2.95 bits per heavy atom. The van der Waals surface area contributed by atoms with E-state index in [1.54, 1.807) is 31.6 Å². The summed E-state index contributed by atoms with van der Waals surface area (Å²) in [4.78, 5) is 26.9. The molecule has 6 nitrogen and oxygen atoms in total. The topological polar surface area (TPSA) is 88.5 Å². The number of aliphatic carboxylic acids is 1. The highest BCUT2D eigenvalue weighted by Crippen LogP contribution is 2.11. The van der Waals surface area contributed by atoms with E-state index in [0.29, 0.717) is 11.6 Å². The van der Waals surface area contributed by atoms with Crippen LogP contribution in [0.25, 0.3) is 0 Å². The van der Waals surface area contributed by atoms with Crippen molar-refractivity contribution in [3.05, 3.63) is 28.2 Å². The number of thiazole rings is 1. The Morgan fingerprint density at radius 1 is 1.63 bits per heavy atom. The van der Waals surface area contributed by atoms with Gasteiger partial charge in [-0.1, -0.05) is 12.2 Å². The van der Waals surface area contributed by atoms with Crippen molar-refractivity contribution in [1.82, 2.24) is 10.3 Å². The normalized spacial score (nSPS) is 12.5. The van der Waals surface area contributed by atoms with E-state index in [9.17, 15) is 9.59 Å². The van der Waals surface area contributed by atoms with Crippen LogP contribution < -0.4 is 5.32 Å². The third kappa shape index (κ3) is 4.80. The van der Waals surface area contributed by atoms with Crippen molar-refractivity contribution >= 4 is 23.2 Å². The van der Waals surface area contributed by atoms with Gasteiger partial charge < -0.3 is 15.2 Å². The van der Waals surface area contributed by atoms with E-state index in [2.05, 4.69) is 10.3 Å². The number of methoxy groups -OCH3 is 1. The number of carbonyl (C=O) groups is 2. The number of aromatic nitrogens is 1. The van der Waals surface area contributed by atoms with E-state index in [0.717, 1.165) is 0 Å². The molecule has 1 rings (SSSR count). The Hall–Kier alpha value is -1.73. The minimum atomic E-state index is -1.07. The van der Waals surface area contributed by atoms with Gasteiger partial charge in [-0.3, -0.25) is 4.79 Å². The maximum Gasteiger partial charge on any atom is 0.326 e. The fraction of sp³-hybridized carbons (Fsp3) is 0.417. The van der Waals surface area contributed by atoms with Crippen LogP contribution in [-0.2, 0) is 16.1 Å². The van der Waals surface area contributed by atoms with Gasteiger partial charge in [-0.15, -0.1) is 11.3 Å². The summed E-state index contributed by atoms with van der Waals surface area (Å²) < 4.78 is 4.91. The molecule has 7 heteroatoms. The molecule has 0 radical (unpaired) electrons. The monoisotopic (exact) mass is 284 g/mol. The zero-order valence-corrected chi connectivity index (χ0v) is 11.6. The van der Waals surface area contributed by atoms with E-state index >= 15 is 0 Å². The predicted octanol–water partition coefficient (Wildman–Crippen LogP) is 1.44. The van der Waals surface area contributed by atoms with Gasteiger partial charge in [0.15, 0.2) is 0 Å². The minimum Gasteiger partial charge on any atom is -0.480 e. The number of carboxylic acid groups (broad SMARTS) is 1. The van der Waals surface area contributed by atoms with E-state index in [4.69, 9.17) is 9.84 Å². The Labute approximate surface area is 115 Å². The minimum absolute atomic E-state index is 0.212. The van der Waals surface area contributed by atoms with Crippen molar-refractivity contribution < 1.29 is 19.4 Å². The molecule has 0 saturated heterocycles. The van der Waals surface area contributed by atoms with Crippen LogP contribution in [0.5, 0.6) is 0 Å². The summed E-state index contributed by atoms with van der Waals surface area (Å²) in [6.45, 7) is 2.12. The van der Waals surface area contributed by atoms with Gasteiger partial charge in [0.05, 0.1) is 6.61 Å². The molecular weight excluding hydrogens is 268 g/mol. The van der Waals surface area contributed by atoms with Gasteiger partial charge in [-0.2, -0.15) is 0 Å². The van der Waals surface area contributed by atoms with E-state index < -0.39 is 17.9 Å². The molecular formula is C12H16N2O4S. The lowest BCUT2D eigenvalue weighted by Crippen LogP contribution is -2.40. The standard InChI is InChI=1S/C12H16N2O4S/c1-3-4-5-8(12(16)17)14-11(15)9-7-19-10(13-9)6-18-2/h3-4,7-8H,5-6H2,1-2H3,(H,14,15)(H,16,17)/b4-3+. The van der Waals surface area contributed by atoms with Crippen LogP contribution in [0.15, 0.2) is 17.5 Å². The third-order valence-corrected chi connectivity index (χ3v) is 3.09. The molecule has 1 atom stereocenters. The van der Waals surface area contributed by atoms with Crippen LogP contribution in [-0.4, -0.2) is 35.1 Å². The number of allylic oxidation sites excluding steroid dienone is 1. The molecule has 0 bridgehead atoms. The fourth-order valence-corrected chi connectivity index (χ4v) is 2.08. The molecule has 0 fully saturated rings. The summed E-state index contributed by atoms with van der Waals surface area (Å²) in [5.41, 5.74) is 0.212. The molecule has 0 saturated carbocycles. The molecule has 1 amide bonds. The first kappa shape index (κ1) is 15.3. The second-order valence-electron chi connectivity index (χ2n) is 3.73. The number of carboxylic acids is 1. The van der Waals surface area contributed by atoms with Crippen molar-refractivity contribution in [3.8, 4) is 0 Å². The van der Waals surface area contributed by atoms with Crippen LogP contribution in [0, 0.1) is 0 Å². The smallest absolute Gasteiger partial charge is 0.326 e. The van der Waals surface area contributed by atoms with Gasteiger partial charge in [-0.05, 0) is 13.3 Å². The third-order valence-electron chi connectivity index (χ3n) is 2.26. The second-order valence-corrected chi connectivity index (χ2v) is 4.67. The molecule has 1 heterocycles. The number of hydrogen-bond acceptors (Lipinski definition) is 5. The molecule has 104 valence electrons. The molecule has 1 aromatic heterocycles. The molecule has 0 aliphatic carbocycles. The van der Waals surface area contributed by atoms with Gasteiger partial charge in [-0.25, -0.2) is 9.78 Å². The quantitative estimate of drug-likeness (QED) is 0.740. The van der Waals surface area contributed by atoms with Crippen LogP contribution >= 0.6 is 11.3 Å². The molecule has 0 aliphatic rings. The first-order chi connectivity index (χ1) is 9.08. The average molecular weight is 284 g/mol. The molecule has 1 unspecified atom stereocenters. The summed E-state index contributed by atoms with van der Waals surface area (Å²) in [5, 5.41) is 13.7. The fourth-order valence-electron chi connectivity index (χ4n) is 1.33. The summed E-state index contributed by atoms with van der Waals surface area (Å²) in [7, 11) is 1.54. The van der Waals surface area contributed by atoms with Crippen LogP contribution in [0.1, 0.15) is 28.8 Å². The summed E-state index contributed by atoms with van der Waals surface area (Å²) in [5.74, 6) is -1.56. The van der Waals surface area contributed by atoms with E-state index in [1.807, 2.05) is 0 Å². The first-order valence-corrected chi connectivity index (χ1v) is 6.54. The van der Waals surface area contributed by atoms with Gasteiger partial charge in [0.2, 0.25) is 0 Å². The maximum atomic E-state index is 11.8. The highest BCUT2D eigenvalue weighted by molar-refractivity contribution is 7.09. The average Bonchev–Trinajstić information content (AvgIpc) is 2.83. The zero-order valence-electron chi connectivity index (χ0n) is 10.8. The number of ether oxygens (including phenoxy) is 1. The van der Waals surface area contributed by atoms with Crippen molar-refractivity contribution in [2.45, 2.75) is 26.0 Å². The summed E-state index contributed by atoms with van der Waals surface area (Å²) >= 11 is 1.30. The maximum absolute atomic E-state index is 11.8. The molecule has 0 aliphatic heterocycles. The predicted molar refractivity (Wildman–Crippen MR) is 71.1 cm³/mol. The highest BCUT2D eigenvalue weighted by atomic mass is 32.1. The SMILES string of the molecule is C/C=C/CC(NC(=O)c1csc(COC)n1)C(=O)O. The largest absolute Gasteiger partial charge is 0.480 e. The number of hydrogen-bond donors (Lipinski definition) is 2. The van der Waals surface area contributed by atoms with Crippen molar-refractivity contribution in [2.75, 3.05) is 7.11 Å². The van der Waals surface area contributed by atoms with E-state index in [1.165, 1.54) is 11.3 Å². The number of carbonyl (C=O) groups excluding carboxylic acids is 1. The lowest BCUT2D eigenvalue weighted by atomic mass is 10.2. The number of nitrogens with one attached hydrogen (secondary N) is 1. The summed E-state index contributed by atoms with van der Waals surface area (Å²) in [6, 6.07) is -0.948. The van der Waals surface area contributed by atoms with Gasteiger partial charge in [0, 0.05) is 12.5 Å². The van der Waals surface area contributed by atoms with Crippen LogP contribution in [0.2, 0.25) is 0 Å².